The van der Waals surface area contributed by atoms with Gasteiger partial charge in [-0.25, -0.2) is 4.98 Å². The second-order valence-electron chi connectivity index (χ2n) is 6.37. The molecule has 0 aliphatic heterocycles. The molecule has 0 spiro atoms. The Hall–Kier alpha value is -2.46. The van der Waals surface area contributed by atoms with Crippen LogP contribution in [0.15, 0.2) is 46.2 Å². The van der Waals surface area contributed by atoms with Gasteiger partial charge in [0.05, 0.1) is 27.6 Å². The number of nitrogens with one attached hydrogen (secondary N) is 2. The Balaban J connectivity index is 2.03. The minimum Gasteiger partial charge on any atom is -0.383 e. The highest BCUT2D eigenvalue weighted by atomic mass is 79.9. The van der Waals surface area contributed by atoms with Crippen LogP contribution in [-0.4, -0.2) is 27.5 Å². The Morgan fingerprint density at radius 3 is 2.53 bits per heavy atom. The Kier molecular flexibility index (Phi) is 6.77. The van der Waals surface area contributed by atoms with E-state index in [9.17, 15) is 9.59 Å². The summed E-state index contributed by atoms with van der Waals surface area (Å²) in [5.74, 6) is -0.939. The van der Waals surface area contributed by atoms with E-state index in [4.69, 9.17) is 28.9 Å². The van der Waals surface area contributed by atoms with Crippen molar-refractivity contribution in [1.82, 2.24) is 19.9 Å². The van der Waals surface area contributed by atoms with Crippen LogP contribution < -0.4 is 21.9 Å². The summed E-state index contributed by atoms with van der Waals surface area (Å²) in [4.78, 5) is 34.0. The molecular weight excluding hydrogens is 495 g/mol. The van der Waals surface area contributed by atoms with Gasteiger partial charge in [-0.15, -0.1) is 0 Å². The molecule has 0 aliphatic carbocycles. The largest absolute Gasteiger partial charge is 0.383 e. The molecule has 30 heavy (non-hydrogen) atoms. The Morgan fingerprint density at radius 2 is 1.90 bits per heavy atom. The van der Waals surface area contributed by atoms with Crippen LogP contribution >= 0.6 is 39.1 Å². The highest BCUT2D eigenvalue weighted by molar-refractivity contribution is 9.10. The van der Waals surface area contributed by atoms with Gasteiger partial charge in [-0.05, 0) is 37.7 Å². The molecule has 1 aromatic carbocycles. The molecule has 3 rings (SSSR count). The number of hydrogen-bond donors (Lipinski definition) is 3. The summed E-state index contributed by atoms with van der Waals surface area (Å²) in [6.45, 7) is 1.95. The Morgan fingerprint density at radius 1 is 1.23 bits per heavy atom. The van der Waals surface area contributed by atoms with E-state index in [1.807, 2.05) is 14.0 Å². The molecule has 0 radical (unpaired) electrons. The second kappa shape index (κ2) is 9.13. The molecule has 0 unspecified atom stereocenters. The van der Waals surface area contributed by atoms with Crippen molar-refractivity contribution in [2.75, 3.05) is 18.1 Å². The molecular formula is C19H17BrCl2N6O2. The molecule has 0 aliphatic rings. The number of carbonyl (C=O) groups excluding carboxylic acids is 1. The van der Waals surface area contributed by atoms with Gasteiger partial charge in [0.2, 0.25) is 0 Å². The first-order valence-electron chi connectivity index (χ1n) is 8.68. The normalized spacial score (nSPS) is 11.9. The summed E-state index contributed by atoms with van der Waals surface area (Å²) >= 11 is 15.8. The number of carbonyl (C=O) groups is 1. The van der Waals surface area contributed by atoms with E-state index in [-0.39, 0.29) is 33.2 Å². The Labute approximate surface area is 190 Å². The van der Waals surface area contributed by atoms with E-state index < -0.39 is 11.5 Å². The molecule has 1 atom stereocenters. The molecule has 11 heteroatoms. The summed E-state index contributed by atoms with van der Waals surface area (Å²) in [5, 5.41) is 6.13. The minimum absolute atomic E-state index is 0.0247. The number of amides is 1. The van der Waals surface area contributed by atoms with E-state index in [1.54, 1.807) is 24.4 Å². The van der Waals surface area contributed by atoms with Gasteiger partial charge in [0.1, 0.15) is 17.7 Å². The Bertz CT molecular complexity index is 1160. The van der Waals surface area contributed by atoms with Crippen molar-refractivity contribution in [3.8, 4) is 5.69 Å². The quantitative estimate of drug-likeness (QED) is 0.479. The number of aromatic nitrogens is 3. The zero-order valence-corrected chi connectivity index (χ0v) is 19.0. The summed E-state index contributed by atoms with van der Waals surface area (Å²) in [5.41, 5.74) is 6.26. The molecule has 156 valence electrons. The summed E-state index contributed by atoms with van der Waals surface area (Å²) < 4.78 is 1.72. The predicted molar refractivity (Wildman–Crippen MR) is 122 cm³/mol. The zero-order chi connectivity index (χ0) is 22.0. The van der Waals surface area contributed by atoms with Crippen molar-refractivity contribution >= 4 is 56.5 Å². The highest BCUT2D eigenvalue weighted by Crippen LogP contribution is 2.31. The lowest BCUT2D eigenvalue weighted by atomic mass is 10.1. The maximum absolute atomic E-state index is 13.1. The average Bonchev–Trinajstić information content (AvgIpc) is 2.68. The SMILES string of the molecule is CN[C@@H](C)c1cncc(NC(=O)c2c(N)ncn(-c3c(Cl)cc(Br)cc3Cl)c2=O)c1. The van der Waals surface area contributed by atoms with Gasteiger partial charge in [0.15, 0.2) is 0 Å². The number of hydrogen-bond acceptors (Lipinski definition) is 6. The number of benzene rings is 1. The summed E-state index contributed by atoms with van der Waals surface area (Å²) in [6.07, 6.45) is 4.32. The van der Waals surface area contributed by atoms with Gasteiger partial charge in [0.25, 0.3) is 11.5 Å². The first kappa shape index (κ1) is 22.2. The van der Waals surface area contributed by atoms with E-state index >= 15 is 0 Å². The molecule has 8 nitrogen and oxygen atoms in total. The number of anilines is 2. The van der Waals surface area contributed by atoms with E-state index in [0.717, 1.165) is 10.1 Å². The van der Waals surface area contributed by atoms with Crippen LogP contribution in [0.1, 0.15) is 28.9 Å². The van der Waals surface area contributed by atoms with Crippen molar-refractivity contribution in [2.45, 2.75) is 13.0 Å². The minimum atomic E-state index is -0.722. The third kappa shape index (κ3) is 4.49. The molecule has 2 heterocycles. The van der Waals surface area contributed by atoms with Crippen LogP contribution in [0.5, 0.6) is 0 Å². The lowest BCUT2D eigenvalue weighted by molar-refractivity contribution is 0.102. The van der Waals surface area contributed by atoms with Crippen LogP contribution in [-0.2, 0) is 0 Å². The number of pyridine rings is 1. The second-order valence-corrected chi connectivity index (χ2v) is 8.10. The molecule has 3 aromatic rings. The van der Waals surface area contributed by atoms with Crippen molar-refractivity contribution in [2.24, 2.45) is 0 Å². The van der Waals surface area contributed by atoms with Crippen molar-refractivity contribution in [3.05, 3.63) is 72.9 Å². The maximum atomic E-state index is 13.1. The molecule has 2 aromatic heterocycles. The molecule has 0 fully saturated rings. The van der Waals surface area contributed by atoms with Crippen LogP contribution in [0.25, 0.3) is 5.69 Å². The monoisotopic (exact) mass is 510 g/mol. The topological polar surface area (TPSA) is 115 Å². The van der Waals surface area contributed by atoms with Crippen molar-refractivity contribution in [1.29, 1.82) is 0 Å². The lowest BCUT2D eigenvalue weighted by Gasteiger charge is -2.14. The van der Waals surface area contributed by atoms with Crippen LogP contribution in [0.4, 0.5) is 11.5 Å². The van der Waals surface area contributed by atoms with Gasteiger partial charge in [-0.3, -0.25) is 19.1 Å². The third-order valence-electron chi connectivity index (χ3n) is 4.40. The molecule has 0 saturated heterocycles. The molecule has 4 N–H and O–H groups in total. The third-order valence-corrected chi connectivity index (χ3v) is 5.44. The number of halogens is 3. The highest BCUT2D eigenvalue weighted by Gasteiger charge is 2.21. The number of nitrogens with zero attached hydrogens (tertiary/aromatic N) is 3. The van der Waals surface area contributed by atoms with E-state index in [1.165, 1.54) is 12.5 Å². The molecule has 0 bridgehead atoms. The fourth-order valence-corrected chi connectivity index (χ4v) is 4.12. The smallest absolute Gasteiger partial charge is 0.273 e. The summed E-state index contributed by atoms with van der Waals surface area (Å²) in [7, 11) is 1.81. The predicted octanol–water partition coefficient (Wildman–Crippen LogP) is 3.81. The van der Waals surface area contributed by atoms with Gasteiger partial charge >= 0.3 is 0 Å². The standard InChI is InChI=1S/C19H17BrCl2N6O2/c1-9(24-2)10-3-12(7-25-6-10)27-18(29)15-17(23)26-8-28(19(15)30)16-13(21)4-11(20)5-14(16)22/h3-9,24H,23H2,1-2H3,(H,27,29)/t9-/m0/s1. The number of nitrogen functional groups attached to an aromatic ring is 1. The van der Waals surface area contributed by atoms with Crippen LogP contribution in [0.3, 0.4) is 0 Å². The summed E-state index contributed by atoms with van der Waals surface area (Å²) in [6, 6.07) is 4.92. The van der Waals surface area contributed by atoms with Crippen LogP contribution in [0.2, 0.25) is 10.0 Å². The van der Waals surface area contributed by atoms with Crippen molar-refractivity contribution < 1.29 is 4.79 Å². The van der Waals surface area contributed by atoms with Gasteiger partial charge in [-0.2, -0.15) is 0 Å². The molecule has 1 amide bonds. The van der Waals surface area contributed by atoms with Gasteiger partial charge < -0.3 is 16.4 Å². The fourth-order valence-electron chi connectivity index (χ4n) is 2.73. The van der Waals surface area contributed by atoms with Crippen LogP contribution in [0, 0.1) is 0 Å². The van der Waals surface area contributed by atoms with Gasteiger partial charge in [0, 0.05) is 16.7 Å². The van der Waals surface area contributed by atoms with Crippen molar-refractivity contribution in [3.63, 3.8) is 0 Å². The lowest BCUT2D eigenvalue weighted by Crippen LogP contribution is -2.31. The number of rotatable bonds is 5. The van der Waals surface area contributed by atoms with Gasteiger partial charge in [-0.1, -0.05) is 39.1 Å². The number of nitrogens with two attached hydrogens (primary N) is 1. The van der Waals surface area contributed by atoms with E-state index in [2.05, 4.69) is 36.5 Å². The molecule has 0 saturated carbocycles. The first-order valence-corrected chi connectivity index (χ1v) is 10.2. The maximum Gasteiger partial charge on any atom is 0.273 e. The first-order chi connectivity index (χ1) is 14.2. The van der Waals surface area contributed by atoms with E-state index in [0.29, 0.717) is 10.2 Å². The average molecular weight is 512 g/mol. The zero-order valence-electron chi connectivity index (χ0n) is 15.9. The fraction of sp³-hybridized carbons (Fsp3) is 0.158.